The van der Waals surface area contributed by atoms with Crippen LogP contribution in [-0.4, -0.2) is 19.1 Å². The molecule has 1 aromatic rings. The maximum atomic E-state index is 13.5. The lowest BCUT2D eigenvalue weighted by Crippen LogP contribution is -2.22. The summed E-state index contributed by atoms with van der Waals surface area (Å²) in [5.41, 5.74) is -0.635. The molecule has 6 heteroatoms. The number of hydrogen-bond donors (Lipinski definition) is 2. The van der Waals surface area contributed by atoms with Crippen molar-refractivity contribution in [3.05, 3.63) is 23.8 Å². The highest BCUT2D eigenvalue weighted by Crippen LogP contribution is 2.25. The van der Waals surface area contributed by atoms with Crippen molar-refractivity contribution >= 4 is 17.3 Å². The zero-order valence-corrected chi connectivity index (χ0v) is 8.77. The third-order valence-corrected chi connectivity index (χ3v) is 1.97. The molecule has 0 aliphatic carbocycles. The fourth-order valence-corrected chi connectivity index (χ4v) is 1.08. The Hall–Kier alpha value is -1.72. The first-order valence-electron chi connectivity index (χ1n) is 4.58. The van der Waals surface area contributed by atoms with Gasteiger partial charge in [-0.1, -0.05) is 0 Å². The smallest absolute Gasteiger partial charge is 0.258 e. The van der Waals surface area contributed by atoms with Crippen LogP contribution in [0.1, 0.15) is 6.92 Å². The second kappa shape index (κ2) is 4.87. The van der Waals surface area contributed by atoms with Crippen molar-refractivity contribution in [2.75, 3.05) is 17.7 Å². The average Bonchev–Trinajstić information content (AvgIpc) is 2.24. The van der Waals surface area contributed by atoms with E-state index in [1.54, 1.807) is 0 Å². The van der Waals surface area contributed by atoms with Crippen molar-refractivity contribution < 1.29 is 18.0 Å². The van der Waals surface area contributed by atoms with Gasteiger partial charge in [0.1, 0.15) is 11.5 Å². The quantitative estimate of drug-likeness (QED) is 0.839. The lowest BCUT2D eigenvalue weighted by Gasteiger charge is -2.11. The molecule has 16 heavy (non-hydrogen) atoms. The van der Waals surface area contributed by atoms with E-state index >= 15 is 0 Å². The molecule has 88 valence electrons. The van der Waals surface area contributed by atoms with Gasteiger partial charge in [-0.25, -0.2) is 13.2 Å². The summed E-state index contributed by atoms with van der Waals surface area (Å²) < 4.78 is 39.3. The molecule has 0 spiro atoms. The van der Waals surface area contributed by atoms with Crippen molar-refractivity contribution in [1.82, 2.24) is 0 Å². The Kier molecular flexibility index (Phi) is 3.76. The molecule has 0 aliphatic rings. The van der Waals surface area contributed by atoms with Gasteiger partial charge in [0.2, 0.25) is 0 Å². The van der Waals surface area contributed by atoms with E-state index in [-0.39, 0.29) is 5.69 Å². The number of carbonyl (C=O) groups excluding carboxylic acids is 1. The van der Waals surface area contributed by atoms with Crippen molar-refractivity contribution in [3.8, 4) is 0 Å². The van der Waals surface area contributed by atoms with Gasteiger partial charge in [0, 0.05) is 7.05 Å². The van der Waals surface area contributed by atoms with E-state index in [1.165, 1.54) is 13.1 Å². The summed E-state index contributed by atoms with van der Waals surface area (Å²) in [6.07, 6.45) is -1.84. The molecule has 0 heterocycles. The predicted octanol–water partition coefficient (Wildman–Crippen LogP) is 2.30. The highest BCUT2D eigenvalue weighted by atomic mass is 19.1. The topological polar surface area (TPSA) is 41.1 Å². The zero-order chi connectivity index (χ0) is 12.3. The van der Waals surface area contributed by atoms with Crippen molar-refractivity contribution in [1.29, 1.82) is 0 Å². The number of carbonyl (C=O) groups is 1. The van der Waals surface area contributed by atoms with Gasteiger partial charge in [-0.15, -0.1) is 0 Å². The van der Waals surface area contributed by atoms with Gasteiger partial charge in [-0.3, -0.25) is 4.79 Å². The maximum absolute atomic E-state index is 13.5. The molecule has 0 fully saturated rings. The molecule has 0 aliphatic heterocycles. The van der Waals surface area contributed by atoms with E-state index in [0.29, 0.717) is 0 Å². The van der Waals surface area contributed by atoms with Crippen LogP contribution in [0.4, 0.5) is 24.5 Å². The van der Waals surface area contributed by atoms with Gasteiger partial charge in [-0.05, 0) is 19.1 Å². The van der Waals surface area contributed by atoms with E-state index in [0.717, 1.165) is 13.0 Å². The van der Waals surface area contributed by atoms with Crippen LogP contribution < -0.4 is 10.6 Å². The first kappa shape index (κ1) is 12.4. The summed E-state index contributed by atoms with van der Waals surface area (Å²) in [4.78, 5) is 11.0. The second-order valence-corrected chi connectivity index (χ2v) is 3.14. The lowest BCUT2D eigenvalue weighted by molar-refractivity contribution is -0.120. The van der Waals surface area contributed by atoms with Gasteiger partial charge in [0.05, 0.1) is 5.69 Å². The van der Waals surface area contributed by atoms with E-state index < -0.39 is 29.4 Å². The normalized spacial score (nSPS) is 12.1. The van der Waals surface area contributed by atoms with Crippen LogP contribution in [0.2, 0.25) is 0 Å². The molecule has 1 rings (SSSR count). The Balaban J connectivity index is 3.07. The van der Waals surface area contributed by atoms with Crippen LogP contribution in [0.15, 0.2) is 12.1 Å². The summed E-state index contributed by atoms with van der Waals surface area (Å²) in [5.74, 6) is -3.01. The summed E-state index contributed by atoms with van der Waals surface area (Å²) >= 11 is 0. The Labute approximate surface area is 90.6 Å². The van der Waals surface area contributed by atoms with Crippen LogP contribution in [0.3, 0.4) is 0 Å². The van der Waals surface area contributed by atoms with Crippen molar-refractivity contribution in [3.63, 3.8) is 0 Å². The van der Waals surface area contributed by atoms with Crippen LogP contribution in [0.25, 0.3) is 0 Å². The Morgan fingerprint density at radius 1 is 1.38 bits per heavy atom. The number of benzene rings is 1. The fourth-order valence-electron chi connectivity index (χ4n) is 1.08. The molecular formula is C10H11F3N2O. The third kappa shape index (κ3) is 2.44. The standard InChI is InChI=1S/C10H11F3N2O/c1-5(11)10(16)15-9-6(12)3-4-7(14-2)8(9)13/h3-5,14H,1-2H3,(H,15,16). The van der Waals surface area contributed by atoms with E-state index in [1.807, 2.05) is 5.32 Å². The number of hydrogen-bond acceptors (Lipinski definition) is 2. The molecule has 2 N–H and O–H groups in total. The zero-order valence-electron chi connectivity index (χ0n) is 8.77. The minimum atomic E-state index is -1.84. The lowest BCUT2D eigenvalue weighted by atomic mass is 10.2. The summed E-state index contributed by atoms with van der Waals surface area (Å²) in [6, 6.07) is 2.16. The molecule has 0 radical (unpaired) electrons. The van der Waals surface area contributed by atoms with E-state index in [9.17, 15) is 18.0 Å². The molecule has 0 aromatic heterocycles. The highest BCUT2D eigenvalue weighted by molar-refractivity contribution is 5.94. The maximum Gasteiger partial charge on any atom is 0.258 e. The minimum Gasteiger partial charge on any atom is -0.386 e. The number of alkyl halides is 1. The van der Waals surface area contributed by atoms with Crippen LogP contribution in [0, 0.1) is 11.6 Å². The number of rotatable bonds is 3. The summed E-state index contributed by atoms with van der Waals surface area (Å²) in [6.45, 7) is 0.979. The van der Waals surface area contributed by atoms with Gasteiger partial charge in [0.15, 0.2) is 12.0 Å². The summed E-state index contributed by atoms with van der Waals surface area (Å²) in [7, 11) is 1.44. The average molecular weight is 232 g/mol. The first-order valence-corrected chi connectivity index (χ1v) is 4.58. The van der Waals surface area contributed by atoms with Gasteiger partial charge in [0.25, 0.3) is 5.91 Å². The Morgan fingerprint density at radius 2 is 2.00 bits per heavy atom. The summed E-state index contributed by atoms with van der Waals surface area (Å²) in [5, 5.41) is 4.33. The molecule has 3 nitrogen and oxygen atoms in total. The van der Waals surface area contributed by atoms with Crippen LogP contribution in [-0.2, 0) is 4.79 Å². The number of nitrogens with one attached hydrogen (secondary N) is 2. The molecule has 1 atom stereocenters. The molecular weight excluding hydrogens is 221 g/mol. The van der Waals surface area contributed by atoms with Crippen LogP contribution in [0.5, 0.6) is 0 Å². The molecule has 1 unspecified atom stereocenters. The van der Waals surface area contributed by atoms with E-state index in [4.69, 9.17) is 0 Å². The molecule has 1 aromatic carbocycles. The number of halogens is 3. The number of anilines is 2. The minimum absolute atomic E-state index is 0.0169. The van der Waals surface area contributed by atoms with Gasteiger partial charge in [-0.2, -0.15) is 0 Å². The van der Waals surface area contributed by atoms with Gasteiger partial charge < -0.3 is 10.6 Å². The van der Waals surface area contributed by atoms with Crippen molar-refractivity contribution in [2.45, 2.75) is 13.1 Å². The SMILES string of the molecule is CNc1ccc(F)c(NC(=O)C(C)F)c1F. The fraction of sp³-hybridized carbons (Fsp3) is 0.300. The van der Waals surface area contributed by atoms with Crippen molar-refractivity contribution in [2.24, 2.45) is 0 Å². The van der Waals surface area contributed by atoms with Crippen LogP contribution >= 0.6 is 0 Å². The predicted molar refractivity (Wildman–Crippen MR) is 55.1 cm³/mol. The molecule has 0 bridgehead atoms. The number of amides is 1. The van der Waals surface area contributed by atoms with E-state index in [2.05, 4.69) is 5.32 Å². The third-order valence-electron chi connectivity index (χ3n) is 1.97. The molecule has 1 amide bonds. The Morgan fingerprint density at radius 3 is 2.50 bits per heavy atom. The largest absolute Gasteiger partial charge is 0.386 e. The Bertz CT molecular complexity index is 407. The monoisotopic (exact) mass is 232 g/mol. The highest BCUT2D eigenvalue weighted by Gasteiger charge is 2.18. The molecule has 0 saturated heterocycles. The molecule has 0 saturated carbocycles. The second-order valence-electron chi connectivity index (χ2n) is 3.14. The van der Waals surface area contributed by atoms with Gasteiger partial charge >= 0.3 is 0 Å². The first-order chi connectivity index (χ1) is 7.47.